The van der Waals surface area contributed by atoms with E-state index in [9.17, 15) is 19.5 Å². The first-order valence-electron chi connectivity index (χ1n) is 24.8. The van der Waals surface area contributed by atoms with Crippen molar-refractivity contribution in [2.75, 3.05) is 45.8 Å². The summed E-state index contributed by atoms with van der Waals surface area (Å²) in [6.45, 7) is 8.19. The Bertz CT molecular complexity index is 1040. The number of ether oxygens (including phenoxy) is 2. The van der Waals surface area contributed by atoms with Crippen molar-refractivity contribution in [3.05, 3.63) is 24.7 Å². The van der Waals surface area contributed by atoms with E-state index in [1.54, 1.807) is 0 Å². The Morgan fingerprint density at radius 2 is 1.00 bits per heavy atom. The molecule has 0 aromatic carbocycles. The molecule has 344 valence electrons. The van der Waals surface area contributed by atoms with E-state index in [4.69, 9.17) is 9.47 Å². The molecule has 0 aliphatic carbocycles. The number of allylic oxidation sites excluding steroid dienone is 2. The SMILES string of the molecule is CCCCCCCCCCCCCCCCC=COC(=O)CC[C@H](NN1CCNCCN(CC(=O)O)CC1)C(=O)OC=CCCCCCCCCCCCCCCCC. The number of hydrogen-bond donors (Lipinski definition) is 3. The number of hydrogen-bond acceptors (Lipinski definition) is 9. The number of unbranched alkanes of at least 4 members (excludes halogenated alkanes) is 28. The smallest absolute Gasteiger partial charge is 0.329 e. The fourth-order valence-corrected chi connectivity index (χ4v) is 7.69. The van der Waals surface area contributed by atoms with Crippen LogP contribution in [0.15, 0.2) is 24.7 Å². The summed E-state index contributed by atoms with van der Waals surface area (Å²) < 4.78 is 11.0. The number of nitrogens with one attached hydrogen (secondary N) is 2. The Kier molecular flexibility index (Phi) is 39.4. The number of aliphatic carboxylic acids is 1. The molecule has 0 spiro atoms. The van der Waals surface area contributed by atoms with Crippen molar-refractivity contribution in [3.8, 4) is 0 Å². The van der Waals surface area contributed by atoms with E-state index < -0.39 is 18.0 Å². The first-order chi connectivity index (χ1) is 29.0. The van der Waals surface area contributed by atoms with E-state index in [2.05, 4.69) is 24.6 Å². The van der Waals surface area contributed by atoms with Crippen LogP contribution in [0.1, 0.15) is 219 Å². The van der Waals surface area contributed by atoms with Crippen LogP contribution in [0.2, 0.25) is 0 Å². The van der Waals surface area contributed by atoms with Crippen LogP contribution in [0.5, 0.6) is 0 Å². The summed E-state index contributed by atoms with van der Waals surface area (Å²) >= 11 is 0. The van der Waals surface area contributed by atoms with Crippen molar-refractivity contribution in [3.63, 3.8) is 0 Å². The molecule has 0 bridgehead atoms. The number of carbonyl (C=O) groups is 3. The average Bonchev–Trinajstić information content (AvgIpc) is 3.33. The van der Waals surface area contributed by atoms with Crippen LogP contribution in [-0.2, 0) is 23.9 Å². The fourth-order valence-electron chi connectivity index (χ4n) is 7.69. The Labute approximate surface area is 362 Å². The molecule has 1 rings (SSSR count). The van der Waals surface area contributed by atoms with Gasteiger partial charge in [0.05, 0.1) is 19.1 Å². The number of carbonyl (C=O) groups excluding carboxylic acids is 2. The van der Waals surface area contributed by atoms with Gasteiger partial charge in [0.25, 0.3) is 0 Å². The third-order valence-electron chi connectivity index (χ3n) is 11.5. The zero-order valence-corrected chi connectivity index (χ0v) is 38.3. The molecule has 1 atom stereocenters. The lowest BCUT2D eigenvalue weighted by Gasteiger charge is -2.28. The Morgan fingerprint density at radius 3 is 1.46 bits per heavy atom. The molecule has 3 N–H and O–H groups in total. The highest BCUT2D eigenvalue weighted by Gasteiger charge is 2.24. The summed E-state index contributed by atoms with van der Waals surface area (Å²) in [4.78, 5) is 39.3. The Morgan fingerprint density at radius 1 is 0.576 bits per heavy atom. The van der Waals surface area contributed by atoms with Gasteiger partial charge in [-0.25, -0.2) is 15.2 Å². The molecular formula is C49H92N4O6. The van der Waals surface area contributed by atoms with Gasteiger partial charge in [0, 0.05) is 45.7 Å². The molecular weight excluding hydrogens is 741 g/mol. The minimum absolute atomic E-state index is 0.0378. The van der Waals surface area contributed by atoms with Gasteiger partial charge in [0.2, 0.25) is 0 Å². The first-order valence-corrected chi connectivity index (χ1v) is 24.8. The van der Waals surface area contributed by atoms with Gasteiger partial charge in [0.15, 0.2) is 0 Å². The van der Waals surface area contributed by atoms with Gasteiger partial charge < -0.3 is 19.9 Å². The summed E-state index contributed by atoms with van der Waals surface area (Å²) in [6.07, 6.45) is 46.0. The van der Waals surface area contributed by atoms with Crippen LogP contribution in [-0.4, -0.2) is 84.8 Å². The third kappa shape index (κ3) is 37.2. The zero-order valence-electron chi connectivity index (χ0n) is 38.3. The van der Waals surface area contributed by atoms with Gasteiger partial charge in [-0.3, -0.25) is 14.5 Å². The molecule has 10 nitrogen and oxygen atoms in total. The molecule has 0 aromatic heterocycles. The molecule has 1 fully saturated rings. The van der Waals surface area contributed by atoms with E-state index >= 15 is 0 Å². The molecule has 0 radical (unpaired) electrons. The van der Waals surface area contributed by atoms with E-state index in [1.165, 1.54) is 179 Å². The highest BCUT2D eigenvalue weighted by molar-refractivity contribution is 5.77. The maximum atomic E-state index is 13.3. The molecule has 10 heteroatoms. The number of carboxylic acid groups (broad SMARTS) is 1. The monoisotopic (exact) mass is 833 g/mol. The molecule has 0 aromatic rings. The standard InChI is InChI=1S/C49H92N4O6/c1-3-5-7-9-11-13-15-17-19-21-23-25-27-29-31-33-43-58-48(56)36-35-46(51-53-40-38-50-37-39-52(41-42-53)45-47(54)55)49(57)59-44-34-32-30-28-26-24-22-20-18-16-14-12-10-8-6-4-2/h33-34,43-44,46,50-51H,3-32,35-42,45H2,1-2H3,(H,54,55)/t46-/m0/s1. The topological polar surface area (TPSA) is 120 Å². The van der Waals surface area contributed by atoms with Gasteiger partial charge in [-0.05, 0) is 44.3 Å². The van der Waals surface area contributed by atoms with Crippen LogP contribution in [0.25, 0.3) is 0 Å². The third-order valence-corrected chi connectivity index (χ3v) is 11.5. The molecule has 0 saturated carbocycles. The van der Waals surface area contributed by atoms with Crippen molar-refractivity contribution in [1.82, 2.24) is 20.7 Å². The molecule has 59 heavy (non-hydrogen) atoms. The summed E-state index contributed by atoms with van der Waals surface area (Å²) in [5.41, 5.74) is 3.30. The second kappa shape index (κ2) is 42.4. The van der Waals surface area contributed by atoms with Crippen LogP contribution in [0, 0.1) is 0 Å². The maximum absolute atomic E-state index is 13.3. The first kappa shape index (κ1) is 54.7. The second-order valence-corrected chi connectivity index (χ2v) is 17.1. The van der Waals surface area contributed by atoms with Gasteiger partial charge in [-0.1, -0.05) is 181 Å². The molecule has 1 saturated heterocycles. The summed E-state index contributed by atoms with van der Waals surface area (Å²) in [5, 5.41) is 14.6. The average molecular weight is 833 g/mol. The van der Waals surface area contributed by atoms with E-state index in [-0.39, 0.29) is 25.4 Å². The van der Waals surface area contributed by atoms with Gasteiger partial charge in [-0.15, -0.1) is 0 Å². The minimum Gasteiger partial charge on any atom is -0.480 e. The largest absolute Gasteiger partial charge is 0.480 e. The normalized spacial score (nSPS) is 15.0. The maximum Gasteiger partial charge on any atom is 0.329 e. The molecule has 1 aliphatic heterocycles. The molecule has 0 unspecified atom stereocenters. The second-order valence-electron chi connectivity index (χ2n) is 17.1. The highest BCUT2D eigenvalue weighted by atomic mass is 16.5. The Hall–Kier alpha value is -2.27. The number of carboxylic acids is 1. The van der Waals surface area contributed by atoms with Crippen molar-refractivity contribution >= 4 is 17.9 Å². The van der Waals surface area contributed by atoms with E-state index in [0.717, 1.165) is 25.7 Å². The van der Waals surface area contributed by atoms with E-state index in [0.29, 0.717) is 39.3 Å². The lowest BCUT2D eigenvalue weighted by atomic mass is 10.0. The number of rotatable bonds is 40. The van der Waals surface area contributed by atoms with Gasteiger partial charge in [0.1, 0.15) is 6.04 Å². The Balaban J connectivity index is 2.38. The van der Waals surface area contributed by atoms with Crippen molar-refractivity contribution in [2.45, 2.75) is 225 Å². The van der Waals surface area contributed by atoms with Gasteiger partial charge in [-0.2, -0.15) is 0 Å². The fraction of sp³-hybridized carbons (Fsp3) is 0.857. The van der Waals surface area contributed by atoms with Crippen molar-refractivity contribution in [2.24, 2.45) is 0 Å². The van der Waals surface area contributed by atoms with Crippen LogP contribution in [0.4, 0.5) is 0 Å². The van der Waals surface area contributed by atoms with Crippen LogP contribution in [0.3, 0.4) is 0 Å². The van der Waals surface area contributed by atoms with Crippen LogP contribution < -0.4 is 10.7 Å². The molecule has 1 heterocycles. The lowest BCUT2D eigenvalue weighted by Crippen LogP contribution is -2.52. The molecule has 1 aliphatic rings. The van der Waals surface area contributed by atoms with Crippen molar-refractivity contribution < 1.29 is 29.0 Å². The van der Waals surface area contributed by atoms with Crippen molar-refractivity contribution in [1.29, 1.82) is 0 Å². The predicted molar refractivity (Wildman–Crippen MR) is 245 cm³/mol. The predicted octanol–water partition coefficient (Wildman–Crippen LogP) is 11.8. The summed E-state index contributed by atoms with van der Waals surface area (Å²) in [6, 6.07) is -0.749. The zero-order chi connectivity index (χ0) is 42.7. The summed E-state index contributed by atoms with van der Waals surface area (Å²) in [7, 11) is 0. The number of nitrogens with zero attached hydrogens (tertiary/aromatic N) is 2. The number of esters is 2. The lowest BCUT2D eigenvalue weighted by molar-refractivity contribution is -0.143. The number of hydrazine groups is 1. The quantitative estimate of drug-likeness (QED) is 0.0313. The highest BCUT2D eigenvalue weighted by Crippen LogP contribution is 2.15. The van der Waals surface area contributed by atoms with Gasteiger partial charge >= 0.3 is 17.9 Å². The molecule has 0 amide bonds. The minimum atomic E-state index is -0.863. The van der Waals surface area contributed by atoms with Crippen LogP contribution >= 0.6 is 0 Å². The summed E-state index contributed by atoms with van der Waals surface area (Å²) in [5.74, 6) is -1.69. The van der Waals surface area contributed by atoms with E-state index in [1.807, 2.05) is 22.1 Å².